The maximum absolute atomic E-state index is 14.7. The van der Waals surface area contributed by atoms with Crippen LogP contribution in [0, 0.1) is 0 Å². The van der Waals surface area contributed by atoms with Crippen LogP contribution in [0.1, 0.15) is 51.8 Å². The fourth-order valence-electron chi connectivity index (χ4n) is 3.50. The molecule has 1 N–H and O–H groups in total. The third-order valence-corrected chi connectivity index (χ3v) is 5.50. The molecular weight excluding hydrogens is 442 g/mol. The Morgan fingerprint density at radius 2 is 2.00 bits per heavy atom. The van der Waals surface area contributed by atoms with Crippen molar-refractivity contribution in [2.24, 2.45) is 0 Å². The summed E-state index contributed by atoms with van der Waals surface area (Å²) in [4.78, 5) is 49.8. The highest BCUT2D eigenvalue weighted by molar-refractivity contribution is 6.30. The molecular formula is C23H19ClF2N2O4. The molecule has 2 atom stereocenters. The second-order valence-corrected chi connectivity index (χ2v) is 7.82. The van der Waals surface area contributed by atoms with Crippen molar-refractivity contribution < 1.29 is 33.4 Å². The highest BCUT2D eigenvalue weighted by Gasteiger charge is 2.41. The van der Waals surface area contributed by atoms with Gasteiger partial charge in [-0.15, -0.1) is 0 Å². The molecule has 0 aliphatic carbocycles. The van der Waals surface area contributed by atoms with Crippen LogP contribution in [-0.2, 0) is 33.2 Å². The molecule has 0 saturated carbocycles. The van der Waals surface area contributed by atoms with E-state index in [1.807, 2.05) is 0 Å². The molecule has 1 saturated heterocycles. The van der Waals surface area contributed by atoms with Crippen LogP contribution >= 0.6 is 11.6 Å². The molecule has 0 bridgehead atoms. The molecule has 166 valence electrons. The minimum absolute atomic E-state index is 0.0969. The number of carbonyl (C=O) groups excluding carboxylic acids is 4. The van der Waals surface area contributed by atoms with Gasteiger partial charge in [0.05, 0.1) is 4.11 Å². The van der Waals surface area contributed by atoms with Gasteiger partial charge in [-0.3, -0.25) is 24.5 Å². The molecule has 0 aromatic heterocycles. The summed E-state index contributed by atoms with van der Waals surface area (Å²) in [5.74, 6) is -7.76. The minimum atomic E-state index is -3.92. The summed E-state index contributed by atoms with van der Waals surface area (Å²) in [6, 6.07) is 4.74. The van der Waals surface area contributed by atoms with E-state index in [0.717, 1.165) is 24.3 Å². The van der Waals surface area contributed by atoms with Gasteiger partial charge in [-0.1, -0.05) is 35.8 Å². The van der Waals surface area contributed by atoms with Crippen LogP contribution < -0.4 is 5.32 Å². The van der Waals surface area contributed by atoms with Gasteiger partial charge < -0.3 is 4.90 Å². The molecule has 32 heavy (non-hydrogen) atoms. The van der Waals surface area contributed by atoms with Gasteiger partial charge in [-0.25, -0.2) is 0 Å². The summed E-state index contributed by atoms with van der Waals surface area (Å²) in [7, 11) is 0. The Kier molecular flexibility index (Phi) is 4.59. The van der Waals surface area contributed by atoms with Crippen molar-refractivity contribution in [2.75, 3.05) is 0 Å². The number of nitrogens with zero attached hydrogens (tertiary/aromatic N) is 1. The molecule has 1 fully saturated rings. The van der Waals surface area contributed by atoms with Crippen LogP contribution in [-0.4, -0.2) is 34.4 Å². The van der Waals surface area contributed by atoms with Crippen LogP contribution in [0.2, 0.25) is 5.02 Å². The summed E-state index contributed by atoms with van der Waals surface area (Å²) < 4.78 is 62.8. The first-order valence-electron chi connectivity index (χ1n) is 11.7. The number of halogens is 3. The Labute approximate surface area is 193 Å². The first-order chi connectivity index (χ1) is 16.7. The second kappa shape index (κ2) is 8.43. The predicted molar refractivity (Wildman–Crippen MR) is 111 cm³/mol. The van der Waals surface area contributed by atoms with Gasteiger partial charge in [0.2, 0.25) is 17.6 Å². The molecule has 2 aromatic carbocycles. The molecule has 0 spiro atoms. The zero-order chi connectivity index (χ0) is 26.6. The predicted octanol–water partition coefficient (Wildman–Crippen LogP) is 3.39. The third kappa shape index (κ3) is 4.14. The van der Waals surface area contributed by atoms with Crippen molar-refractivity contribution in [3.8, 4) is 0 Å². The Bertz CT molecular complexity index is 1290. The van der Waals surface area contributed by atoms with Gasteiger partial charge in [-0.2, -0.15) is 8.78 Å². The summed E-state index contributed by atoms with van der Waals surface area (Å²) in [6.07, 6.45) is -2.82. The lowest BCUT2D eigenvalue weighted by molar-refractivity contribution is -0.144. The maximum atomic E-state index is 14.7. The molecule has 2 aromatic rings. The minimum Gasteiger partial charge on any atom is -0.322 e. The number of benzene rings is 2. The van der Waals surface area contributed by atoms with Gasteiger partial charge in [0.1, 0.15) is 6.04 Å². The van der Waals surface area contributed by atoms with E-state index in [2.05, 4.69) is 5.32 Å². The Balaban J connectivity index is 1.62. The first-order valence-corrected chi connectivity index (χ1v) is 10.0. The van der Waals surface area contributed by atoms with Gasteiger partial charge in [0.15, 0.2) is 0 Å². The summed E-state index contributed by atoms with van der Waals surface area (Å²) in [6.45, 7) is -2.55. The number of aryl methyl sites for hydroxylation is 1. The van der Waals surface area contributed by atoms with Crippen molar-refractivity contribution in [3.63, 3.8) is 0 Å². The number of piperidine rings is 1. The van der Waals surface area contributed by atoms with Gasteiger partial charge >= 0.3 is 5.92 Å². The van der Waals surface area contributed by atoms with Crippen molar-refractivity contribution in [1.29, 1.82) is 0 Å². The van der Waals surface area contributed by atoms with Gasteiger partial charge in [-0.05, 0) is 42.1 Å². The molecule has 2 heterocycles. The fraction of sp³-hybridized carbons (Fsp3) is 0.304. The maximum Gasteiger partial charge on any atom is 0.330 e. The number of ketones is 1. The monoisotopic (exact) mass is 464 g/mol. The van der Waals surface area contributed by atoms with Crippen molar-refractivity contribution in [2.45, 2.75) is 44.1 Å². The number of amides is 3. The van der Waals surface area contributed by atoms with Gasteiger partial charge in [0.25, 0.3) is 5.91 Å². The summed E-state index contributed by atoms with van der Waals surface area (Å²) >= 11 is 5.70. The van der Waals surface area contributed by atoms with Crippen molar-refractivity contribution >= 4 is 35.1 Å². The lowest BCUT2D eigenvalue weighted by atomic mass is 9.97. The number of Topliss-reactive ketones (excluding diaryl/α,β-unsaturated/α-hetero) is 1. The fourth-order valence-corrected chi connectivity index (χ4v) is 3.63. The number of nitrogens with one attached hydrogen (secondary N) is 1. The van der Waals surface area contributed by atoms with Crippen LogP contribution in [0.5, 0.6) is 0 Å². The normalized spacial score (nSPS) is 22.9. The van der Waals surface area contributed by atoms with E-state index < -0.39 is 66.4 Å². The molecule has 6 nitrogen and oxygen atoms in total. The first kappa shape index (κ1) is 17.4. The lowest BCUT2D eigenvalue weighted by Crippen LogP contribution is -2.52. The number of alkyl halides is 2. The van der Waals surface area contributed by atoms with Gasteiger partial charge in [0, 0.05) is 36.9 Å². The van der Waals surface area contributed by atoms with Crippen LogP contribution in [0.3, 0.4) is 0 Å². The quantitative estimate of drug-likeness (QED) is 0.664. The topological polar surface area (TPSA) is 83.6 Å². The van der Waals surface area contributed by atoms with E-state index in [0.29, 0.717) is 4.90 Å². The smallest absolute Gasteiger partial charge is 0.322 e. The molecule has 0 radical (unpaired) electrons. The molecule has 4 rings (SSSR count). The van der Waals surface area contributed by atoms with E-state index in [9.17, 15) is 28.0 Å². The molecule has 2 aliphatic heterocycles. The highest BCUT2D eigenvalue weighted by atomic mass is 35.5. The zero-order valence-corrected chi connectivity index (χ0v) is 17.2. The average molecular weight is 465 g/mol. The summed E-state index contributed by atoms with van der Waals surface area (Å²) in [5.41, 5.74) is -1.30. The SMILES string of the molecule is [2H]c1cc2c(cc1C([2H])CC(=O)C(F)(F)c1ccc(Cl)cc1)C([2H])([2H])N(C1CCC(=O)NC1=O)C2=O. The Morgan fingerprint density at radius 1 is 1.28 bits per heavy atom. The number of hydrogen-bond donors (Lipinski definition) is 1. The number of carbonyl (C=O) groups is 4. The summed E-state index contributed by atoms with van der Waals surface area (Å²) in [5, 5.41) is 2.26. The standard InChI is InChI=1S/C23H19ClF2N2O4/c24-16-5-3-15(4-6-16)23(25,26)19(29)9-2-13-1-7-17-14(11-13)12-28(22(17)32)18-8-10-20(30)27-21(18)31/h1,3-7,11,18H,2,8-10,12H2,(H,27,30,31)/i1D,2D,12D2. The largest absolute Gasteiger partial charge is 0.330 e. The highest BCUT2D eigenvalue weighted by Crippen LogP contribution is 2.32. The third-order valence-electron chi connectivity index (χ3n) is 5.25. The van der Waals surface area contributed by atoms with E-state index in [1.165, 1.54) is 12.1 Å². The van der Waals surface area contributed by atoms with E-state index in [4.69, 9.17) is 17.1 Å². The molecule has 2 unspecified atom stereocenters. The zero-order valence-electron chi connectivity index (χ0n) is 20.5. The Morgan fingerprint density at radius 3 is 2.69 bits per heavy atom. The number of fused-ring (bicyclic) bond motifs is 1. The average Bonchev–Trinajstić information content (AvgIpc) is 2.98. The van der Waals surface area contributed by atoms with E-state index in [-0.39, 0.29) is 34.6 Å². The Hall–Kier alpha value is -3.13. The van der Waals surface area contributed by atoms with E-state index in [1.54, 1.807) is 0 Å². The number of hydrogen-bond acceptors (Lipinski definition) is 4. The van der Waals surface area contributed by atoms with Crippen LogP contribution in [0.15, 0.2) is 42.4 Å². The molecule has 2 aliphatic rings. The second-order valence-electron chi connectivity index (χ2n) is 7.38. The number of rotatable bonds is 6. The molecule has 3 amide bonds. The number of imide groups is 1. The van der Waals surface area contributed by atoms with Crippen molar-refractivity contribution in [1.82, 2.24) is 10.2 Å². The van der Waals surface area contributed by atoms with Crippen molar-refractivity contribution in [3.05, 3.63) is 69.7 Å². The molecule has 9 heteroatoms. The van der Waals surface area contributed by atoms with Crippen LogP contribution in [0.25, 0.3) is 0 Å². The van der Waals surface area contributed by atoms with Crippen LogP contribution in [0.4, 0.5) is 8.78 Å². The van der Waals surface area contributed by atoms with E-state index >= 15 is 0 Å². The lowest BCUT2D eigenvalue weighted by Gasteiger charge is -2.29.